The second-order valence-corrected chi connectivity index (χ2v) is 9.78. The van der Waals surface area contributed by atoms with Crippen molar-refractivity contribution in [1.82, 2.24) is 4.98 Å². The minimum absolute atomic E-state index is 0. The van der Waals surface area contributed by atoms with Gasteiger partial charge in [0, 0.05) is 57.5 Å². The summed E-state index contributed by atoms with van der Waals surface area (Å²) in [6.45, 7) is 7.94. The number of pyridine rings is 1. The quantitative estimate of drug-likeness (QED) is 0.197. The Morgan fingerprint density at radius 2 is 1.59 bits per heavy atom. The van der Waals surface area contributed by atoms with Gasteiger partial charge in [-0.2, -0.15) is 0 Å². The summed E-state index contributed by atoms with van der Waals surface area (Å²) in [5.41, 5.74) is 3.12. The Bertz CT molecular complexity index is 1340. The van der Waals surface area contributed by atoms with E-state index in [2.05, 4.69) is 73.8 Å². The first-order valence-electron chi connectivity index (χ1n) is 11.5. The summed E-state index contributed by atoms with van der Waals surface area (Å²) >= 11 is 1.82. The number of nitrogens with zero attached hydrogens (tertiary/aromatic N) is 2. The third-order valence-corrected chi connectivity index (χ3v) is 6.59. The van der Waals surface area contributed by atoms with Crippen LogP contribution in [-0.2, 0) is 20.1 Å². The van der Waals surface area contributed by atoms with E-state index >= 15 is 0 Å². The Balaban J connectivity index is 0.000000255. The third kappa shape index (κ3) is 6.10. The van der Waals surface area contributed by atoms with E-state index in [0.717, 1.165) is 23.2 Å². The summed E-state index contributed by atoms with van der Waals surface area (Å²) in [7, 11) is 0. The van der Waals surface area contributed by atoms with Gasteiger partial charge in [-0.1, -0.05) is 57.2 Å². The molecule has 3 nitrogen and oxygen atoms in total. The summed E-state index contributed by atoms with van der Waals surface area (Å²) in [6, 6.07) is 29.1. The number of fused-ring (bicyclic) bond motifs is 5. The van der Waals surface area contributed by atoms with E-state index in [1.807, 2.05) is 42.5 Å². The first kappa shape index (κ1) is 26.5. The minimum Gasteiger partial charge on any atom is -0.657 e. The van der Waals surface area contributed by atoms with Crippen LogP contribution < -0.4 is 0 Å². The fourth-order valence-electron chi connectivity index (χ4n) is 4.22. The summed E-state index contributed by atoms with van der Waals surface area (Å²) in [5.74, 6) is 0. The molecule has 1 radical (unpaired) electrons. The van der Waals surface area contributed by atoms with Crippen molar-refractivity contribution in [3.63, 3.8) is 0 Å². The maximum atomic E-state index is 8.98. The maximum Gasteiger partial charge on any atom is 0.0602 e. The first-order valence-corrected chi connectivity index (χ1v) is 12.3. The molecular weight excluding hydrogens is 617 g/mol. The molecule has 0 aliphatic carbocycles. The van der Waals surface area contributed by atoms with Crippen LogP contribution in [0.4, 0.5) is 0 Å². The second kappa shape index (κ2) is 12.0. The molecule has 2 aromatic heterocycles. The average molecular weight is 647 g/mol. The molecule has 5 heteroatoms. The SMILES string of the molecule is CC(O)CC(C)[N-]C(C)C.[Ir].[c-]1ccccc1-c1nc2ccccc2c2c1sc1ccccc12. The predicted octanol–water partition coefficient (Wildman–Crippen LogP) is 8.00. The van der Waals surface area contributed by atoms with Crippen LogP contribution >= 0.6 is 11.3 Å². The zero-order valence-electron chi connectivity index (χ0n) is 20.0. The van der Waals surface area contributed by atoms with Gasteiger partial charge in [0.15, 0.2) is 0 Å². The van der Waals surface area contributed by atoms with Gasteiger partial charge in [0.05, 0.1) is 5.52 Å². The molecule has 1 N–H and O–H groups in total. The number of thiophene rings is 1. The number of rotatable bonds is 5. The van der Waals surface area contributed by atoms with Crippen LogP contribution in [0.2, 0.25) is 0 Å². The van der Waals surface area contributed by atoms with Crippen LogP contribution in [0, 0.1) is 6.07 Å². The van der Waals surface area contributed by atoms with Gasteiger partial charge in [0.2, 0.25) is 0 Å². The summed E-state index contributed by atoms with van der Waals surface area (Å²) < 4.78 is 2.55. The van der Waals surface area contributed by atoms with Crippen LogP contribution in [0.1, 0.15) is 34.1 Å². The smallest absolute Gasteiger partial charge is 0.0602 e. The molecule has 5 aromatic rings. The topological polar surface area (TPSA) is 47.2 Å². The minimum atomic E-state index is -0.225. The Kier molecular flexibility index (Phi) is 9.35. The molecule has 0 fully saturated rings. The average Bonchev–Trinajstić information content (AvgIpc) is 3.18. The van der Waals surface area contributed by atoms with Crippen LogP contribution in [-0.4, -0.2) is 28.3 Å². The van der Waals surface area contributed by atoms with Crippen LogP contribution in [0.5, 0.6) is 0 Å². The number of aromatic nitrogens is 1. The van der Waals surface area contributed by atoms with E-state index < -0.39 is 0 Å². The summed E-state index contributed by atoms with van der Waals surface area (Å²) in [5, 5.41) is 17.2. The summed E-state index contributed by atoms with van der Waals surface area (Å²) in [4.78, 5) is 4.95. The second-order valence-electron chi connectivity index (χ2n) is 8.73. The normalized spacial score (nSPS) is 12.9. The van der Waals surface area contributed by atoms with Crippen LogP contribution in [0.15, 0.2) is 72.8 Å². The van der Waals surface area contributed by atoms with Gasteiger partial charge in [-0.25, -0.2) is 0 Å². The molecule has 2 unspecified atom stereocenters. The zero-order valence-corrected chi connectivity index (χ0v) is 23.2. The first-order chi connectivity index (χ1) is 15.9. The van der Waals surface area contributed by atoms with E-state index in [4.69, 9.17) is 10.1 Å². The van der Waals surface area contributed by atoms with Crippen molar-refractivity contribution in [3.05, 3.63) is 84.2 Å². The molecule has 179 valence electrons. The van der Waals surface area contributed by atoms with Gasteiger partial charge < -0.3 is 10.4 Å². The molecule has 5 rings (SSSR count). The number of hydrogen-bond donors (Lipinski definition) is 1. The number of para-hydroxylation sites is 1. The Morgan fingerprint density at radius 1 is 0.912 bits per heavy atom. The van der Waals surface area contributed by atoms with Crippen molar-refractivity contribution in [2.45, 2.75) is 52.3 Å². The Hall–Kier alpha value is -2.14. The van der Waals surface area contributed by atoms with Crippen LogP contribution in [0.3, 0.4) is 0 Å². The number of hydrogen-bond acceptors (Lipinski definition) is 3. The molecule has 2 heterocycles. The van der Waals surface area contributed by atoms with Crippen molar-refractivity contribution >= 4 is 42.4 Å². The summed E-state index contributed by atoms with van der Waals surface area (Å²) in [6.07, 6.45) is 0.551. The molecular formula is C29H30IrN2OS-2. The zero-order chi connectivity index (χ0) is 23.4. The monoisotopic (exact) mass is 647 g/mol. The Labute approximate surface area is 219 Å². The van der Waals surface area contributed by atoms with Crippen molar-refractivity contribution in [2.24, 2.45) is 0 Å². The molecule has 0 aliphatic rings. The molecule has 0 saturated heterocycles. The molecule has 0 aliphatic heterocycles. The Morgan fingerprint density at radius 3 is 2.26 bits per heavy atom. The van der Waals surface area contributed by atoms with Gasteiger partial charge >= 0.3 is 0 Å². The number of benzene rings is 3. The van der Waals surface area contributed by atoms with Gasteiger partial charge in [-0.3, -0.25) is 4.98 Å². The maximum absolute atomic E-state index is 8.98. The van der Waals surface area contributed by atoms with Gasteiger partial charge in [0.25, 0.3) is 0 Å². The van der Waals surface area contributed by atoms with Crippen molar-refractivity contribution in [1.29, 1.82) is 0 Å². The standard InChI is InChI=1S/C21H12NS.C8H18NO.Ir/c1-2-8-14(9-3-1)20-21-19(15-10-4-6-12-17(15)22-20)16-11-5-7-13-18(16)23-21;1-6(2)9-7(3)5-8(4)10;/h1-8,10-13H;6-8,10H,5H2,1-4H3;/q2*-1;. The van der Waals surface area contributed by atoms with Crippen LogP contribution in [0.25, 0.3) is 47.6 Å². The van der Waals surface area contributed by atoms with E-state index in [1.165, 1.54) is 25.6 Å². The fourth-order valence-corrected chi connectivity index (χ4v) is 5.44. The van der Waals surface area contributed by atoms with Gasteiger partial charge in [-0.15, -0.1) is 59.3 Å². The van der Waals surface area contributed by atoms with Crippen molar-refractivity contribution in [3.8, 4) is 11.3 Å². The van der Waals surface area contributed by atoms with Crippen molar-refractivity contribution in [2.75, 3.05) is 0 Å². The molecule has 0 spiro atoms. The number of aliphatic hydroxyl groups is 1. The van der Waals surface area contributed by atoms with E-state index in [0.29, 0.717) is 12.1 Å². The van der Waals surface area contributed by atoms with Crippen molar-refractivity contribution < 1.29 is 25.2 Å². The molecule has 2 atom stereocenters. The number of aliphatic hydroxyl groups excluding tert-OH is 1. The van der Waals surface area contributed by atoms with Gasteiger partial charge in [-0.05, 0) is 25.5 Å². The van der Waals surface area contributed by atoms with E-state index in [9.17, 15) is 0 Å². The largest absolute Gasteiger partial charge is 0.657 e. The molecule has 0 amide bonds. The molecule has 34 heavy (non-hydrogen) atoms. The van der Waals surface area contributed by atoms with E-state index in [-0.39, 0.29) is 26.2 Å². The molecule has 3 aromatic carbocycles. The predicted molar refractivity (Wildman–Crippen MR) is 143 cm³/mol. The van der Waals surface area contributed by atoms with E-state index in [1.54, 1.807) is 6.92 Å². The third-order valence-electron chi connectivity index (χ3n) is 5.42. The fraction of sp³-hybridized carbons (Fsp3) is 0.276. The van der Waals surface area contributed by atoms with Gasteiger partial charge in [0.1, 0.15) is 0 Å². The molecule has 0 saturated carbocycles. The molecule has 0 bridgehead atoms.